The van der Waals surface area contributed by atoms with Gasteiger partial charge in [-0.3, -0.25) is 14.4 Å². The van der Waals surface area contributed by atoms with Crippen LogP contribution >= 0.6 is 0 Å². The Morgan fingerprint density at radius 1 is 1.12 bits per heavy atom. The van der Waals surface area contributed by atoms with Crippen LogP contribution in [-0.2, 0) is 27.9 Å². The van der Waals surface area contributed by atoms with Crippen LogP contribution in [0.1, 0.15) is 21.5 Å². The number of nitrogen functional groups attached to an aromatic ring is 1. The second-order valence-electron chi connectivity index (χ2n) is 7.00. The highest BCUT2D eigenvalue weighted by atomic mass is 32.2. The second-order valence-corrected chi connectivity index (χ2v) is 8.86. The maximum absolute atomic E-state index is 14.6. The predicted molar refractivity (Wildman–Crippen MR) is 113 cm³/mol. The molecule has 0 bridgehead atoms. The van der Waals surface area contributed by atoms with Crippen molar-refractivity contribution in [2.45, 2.75) is 18.0 Å². The summed E-state index contributed by atoms with van der Waals surface area (Å²) in [4.78, 5) is 22.5. The third-order valence-electron chi connectivity index (χ3n) is 5.00. The van der Waals surface area contributed by atoms with Crippen molar-refractivity contribution in [3.8, 4) is 0 Å². The number of anilines is 2. The largest absolute Gasteiger partial charge is 0.457 e. The van der Waals surface area contributed by atoms with Gasteiger partial charge in [-0.15, -0.1) is 0 Å². The first kappa shape index (κ1) is 21.2. The zero-order chi connectivity index (χ0) is 23.0. The summed E-state index contributed by atoms with van der Waals surface area (Å²) >= 11 is 0. The molecule has 2 N–H and O–H groups in total. The van der Waals surface area contributed by atoms with Crippen LogP contribution in [0.15, 0.2) is 65.6 Å². The highest BCUT2D eigenvalue weighted by Crippen LogP contribution is 2.33. The average molecular weight is 457 g/mol. The molecule has 9 nitrogen and oxygen atoms in total. The molecule has 3 aromatic carbocycles. The number of ether oxygens (including phenoxy) is 1. The summed E-state index contributed by atoms with van der Waals surface area (Å²) in [6, 6.07) is 13.0. The molecule has 0 amide bonds. The molecule has 3 aromatic rings. The van der Waals surface area contributed by atoms with Gasteiger partial charge in [0.1, 0.15) is 12.4 Å². The van der Waals surface area contributed by atoms with Crippen LogP contribution in [-0.4, -0.2) is 19.3 Å². The first-order chi connectivity index (χ1) is 15.2. The lowest BCUT2D eigenvalue weighted by atomic mass is 10.1. The van der Waals surface area contributed by atoms with E-state index in [2.05, 4.69) is 0 Å². The predicted octanol–water partition coefficient (Wildman–Crippen LogP) is 3.38. The standard InChI is InChI=1S/C21H16FN3O6S/c22-19-5-2-6-20(25(27)28)18(19)11-24(32(29,30)16-4-1-3-14(23)9-16)15-8-7-13-12-31-21(26)17(13)10-15/h1-10H,11-12,23H2. The smallest absolute Gasteiger partial charge is 0.338 e. The molecule has 0 saturated heterocycles. The van der Waals surface area contributed by atoms with Gasteiger partial charge >= 0.3 is 5.97 Å². The van der Waals surface area contributed by atoms with E-state index in [1.807, 2.05) is 0 Å². The summed E-state index contributed by atoms with van der Waals surface area (Å²) in [5, 5.41) is 11.4. The molecule has 0 aliphatic carbocycles. The van der Waals surface area contributed by atoms with Crippen molar-refractivity contribution < 1.29 is 27.3 Å². The molecule has 164 valence electrons. The fourth-order valence-electron chi connectivity index (χ4n) is 3.39. The van der Waals surface area contributed by atoms with Gasteiger partial charge in [-0.2, -0.15) is 0 Å². The SMILES string of the molecule is Nc1cccc(S(=O)(=O)N(Cc2c(F)cccc2[N+](=O)[O-])c2ccc3c(c2)C(=O)OC3)c1. The van der Waals surface area contributed by atoms with E-state index >= 15 is 0 Å². The Bertz CT molecular complexity index is 1360. The fraction of sp³-hybridized carbons (Fsp3) is 0.0952. The topological polar surface area (TPSA) is 133 Å². The summed E-state index contributed by atoms with van der Waals surface area (Å²) in [5.74, 6) is -1.56. The lowest BCUT2D eigenvalue weighted by molar-refractivity contribution is -0.385. The molecule has 1 aliphatic rings. The summed E-state index contributed by atoms with van der Waals surface area (Å²) in [7, 11) is -4.36. The third-order valence-corrected chi connectivity index (χ3v) is 6.77. The zero-order valence-electron chi connectivity index (χ0n) is 16.4. The molecular formula is C21H16FN3O6S. The Labute approximate surface area is 182 Å². The van der Waals surface area contributed by atoms with Gasteiger partial charge in [-0.1, -0.05) is 18.2 Å². The van der Waals surface area contributed by atoms with Gasteiger partial charge in [-0.05, 0) is 36.4 Å². The van der Waals surface area contributed by atoms with Crippen LogP contribution < -0.4 is 10.0 Å². The molecule has 0 saturated carbocycles. The third kappa shape index (κ3) is 3.73. The summed E-state index contributed by atoms with van der Waals surface area (Å²) in [6.07, 6.45) is 0. The van der Waals surface area contributed by atoms with Crippen molar-refractivity contribution in [1.29, 1.82) is 0 Å². The maximum atomic E-state index is 14.6. The summed E-state index contributed by atoms with van der Waals surface area (Å²) in [5.41, 5.74) is 5.67. The van der Waals surface area contributed by atoms with E-state index in [-0.39, 0.29) is 28.4 Å². The normalized spacial score (nSPS) is 12.8. The molecule has 32 heavy (non-hydrogen) atoms. The van der Waals surface area contributed by atoms with Crippen molar-refractivity contribution in [3.63, 3.8) is 0 Å². The van der Waals surface area contributed by atoms with Crippen LogP contribution in [0.4, 0.5) is 21.5 Å². The second kappa shape index (κ2) is 7.93. The van der Waals surface area contributed by atoms with Crippen LogP contribution in [0.3, 0.4) is 0 Å². The number of carbonyl (C=O) groups is 1. The van der Waals surface area contributed by atoms with Crippen LogP contribution in [0.5, 0.6) is 0 Å². The van der Waals surface area contributed by atoms with Crippen molar-refractivity contribution in [2.24, 2.45) is 0 Å². The van der Waals surface area contributed by atoms with Gasteiger partial charge in [-0.25, -0.2) is 17.6 Å². The van der Waals surface area contributed by atoms with Crippen molar-refractivity contribution in [3.05, 3.63) is 93.3 Å². The Kier molecular flexibility index (Phi) is 5.26. The molecule has 11 heteroatoms. The number of hydrogen-bond donors (Lipinski definition) is 1. The van der Waals surface area contributed by atoms with Crippen LogP contribution in [0, 0.1) is 15.9 Å². The number of carbonyl (C=O) groups excluding carboxylic acids is 1. The van der Waals surface area contributed by atoms with Gasteiger partial charge in [0.2, 0.25) is 0 Å². The monoisotopic (exact) mass is 457 g/mol. The lowest BCUT2D eigenvalue weighted by Gasteiger charge is -2.25. The minimum absolute atomic E-state index is 0.0163. The fourth-order valence-corrected chi connectivity index (χ4v) is 4.87. The molecule has 0 spiro atoms. The minimum atomic E-state index is -4.36. The quantitative estimate of drug-likeness (QED) is 0.260. The molecule has 1 heterocycles. The van der Waals surface area contributed by atoms with Crippen LogP contribution in [0.25, 0.3) is 0 Å². The number of nitrogens with zero attached hydrogens (tertiary/aromatic N) is 2. The van der Waals surface area contributed by atoms with Gasteiger partial charge in [0.05, 0.1) is 33.2 Å². The highest BCUT2D eigenvalue weighted by Gasteiger charge is 2.31. The van der Waals surface area contributed by atoms with Crippen molar-refractivity contribution in [2.75, 3.05) is 10.0 Å². The summed E-state index contributed by atoms with van der Waals surface area (Å²) < 4.78 is 47.4. The van der Waals surface area contributed by atoms with Crippen molar-refractivity contribution in [1.82, 2.24) is 0 Å². The van der Waals surface area contributed by atoms with Gasteiger partial charge < -0.3 is 10.5 Å². The van der Waals surface area contributed by atoms with E-state index in [1.54, 1.807) is 0 Å². The number of benzene rings is 3. The number of cyclic esters (lactones) is 1. The van der Waals surface area contributed by atoms with E-state index in [1.165, 1.54) is 48.5 Å². The molecular weight excluding hydrogens is 441 g/mol. The number of rotatable bonds is 6. The number of halogens is 1. The number of nitro benzene ring substituents is 1. The highest BCUT2D eigenvalue weighted by molar-refractivity contribution is 7.92. The van der Waals surface area contributed by atoms with Gasteiger partial charge in [0, 0.05) is 17.3 Å². The van der Waals surface area contributed by atoms with E-state index in [0.717, 1.165) is 16.4 Å². The van der Waals surface area contributed by atoms with E-state index < -0.39 is 44.5 Å². The van der Waals surface area contributed by atoms with Crippen LogP contribution in [0.2, 0.25) is 0 Å². The van der Waals surface area contributed by atoms with Crippen molar-refractivity contribution >= 4 is 33.1 Å². The van der Waals surface area contributed by atoms with E-state index in [4.69, 9.17) is 10.5 Å². The van der Waals surface area contributed by atoms with E-state index in [0.29, 0.717) is 5.56 Å². The molecule has 0 radical (unpaired) electrons. The molecule has 1 aliphatic heterocycles. The Morgan fingerprint density at radius 3 is 2.59 bits per heavy atom. The molecule has 4 rings (SSSR count). The van der Waals surface area contributed by atoms with E-state index in [9.17, 15) is 27.7 Å². The number of nitrogens with two attached hydrogens (primary N) is 1. The lowest BCUT2D eigenvalue weighted by Crippen LogP contribution is -2.31. The Morgan fingerprint density at radius 2 is 1.88 bits per heavy atom. The maximum Gasteiger partial charge on any atom is 0.338 e. The minimum Gasteiger partial charge on any atom is -0.457 e. The number of sulfonamides is 1. The molecule has 0 fully saturated rings. The van der Waals surface area contributed by atoms with Gasteiger partial charge in [0.15, 0.2) is 0 Å². The first-order valence-electron chi connectivity index (χ1n) is 9.28. The first-order valence-corrected chi connectivity index (χ1v) is 10.7. The Balaban J connectivity index is 1.90. The zero-order valence-corrected chi connectivity index (χ0v) is 17.2. The molecule has 0 unspecified atom stereocenters. The molecule has 0 atom stereocenters. The number of hydrogen-bond acceptors (Lipinski definition) is 7. The number of nitro groups is 1. The summed E-state index contributed by atoms with van der Waals surface area (Å²) in [6.45, 7) is -0.636. The van der Waals surface area contributed by atoms with Gasteiger partial charge in [0.25, 0.3) is 15.7 Å². The Hall–Kier alpha value is -3.99. The average Bonchev–Trinajstić information content (AvgIpc) is 3.12. The number of esters is 1. The number of fused-ring (bicyclic) bond motifs is 1. The molecule has 0 aromatic heterocycles.